The lowest BCUT2D eigenvalue weighted by Crippen LogP contribution is -2.38. The van der Waals surface area contributed by atoms with Gasteiger partial charge in [-0.3, -0.25) is 14.5 Å². The molecule has 3 aromatic carbocycles. The summed E-state index contributed by atoms with van der Waals surface area (Å²) < 4.78 is 4.84. The maximum atomic E-state index is 13.5. The Bertz CT molecular complexity index is 1220. The fourth-order valence-electron chi connectivity index (χ4n) is 3.66. The quantitative estimate of drug-likeness (QED) is 0.581. The number of hydrogen-bond donors (Lipinski definition) is 1. The molecule has 1 aliphatic rings. The molecule has 32 heavy (non-hydrogen) atoms. The Kier molecular flexibility index (Phi) is 6.01. The standard InChI is InChI=1S/C25H22N2O4S/c1-15-7-6-8-16(2)23(15)26-22(28)14-27-19-13-17(25(30)31-3)11-12-21(19)32-20-10-5-4-9-18(20)24(27)29/h4-13H,14H2,1-3H3,(H,26,28). The number of esters is 1. The van der Waals surface area contributed by atoms with E-state index in [0.29, 0.717) is 16.8 Å². The monoisotopic (exact) mass is 446 g/mol. The summed E-state index contributed by atoms with van der Waals surface area (Å²) in [6, 6.07) is 18.1. The van der Waals surface area contributed by atoms with Gasteiger partial charge in [0, 0.05) is 15.5 Å². The summed E-state index contributed by atoms with van der Waals surface area (Å²) in [5.74, 6) is -1.13. The number of hydrogen-bond acceptors (Lipinski definition) is 5. The largest absolute Gasteiger partial charge is 0.465 e. The van der Waals surface area contributed by atoms with Gasteiger partial charge < -0.3 is 10.1 Å². The SMILES string of the molecule is COC(=O)c1ccc2c(c1)N(CC(=O)Nc1c(C)cccc1C)C(=O)c1ccccc1S2. The van der Waals surface area contributed by atoms with Crippen LogP contribution in [-0.2, 0) is 9.53 Å². The number of fused-ring (bicyclic) bond motifs is 2. The first-order valence-corrected chi connectivity index (χ1v) is 10.9. The molecule has 0 unspecified atom stereocenters. The molecule has 2 amide bonds. The maximum absolute atomic E-state index is 13.5. The number of rotatable bonds is 4. The minimum atomic E-state index is -0.507. The zero-order valence-electron chi connectivity index (χ0n) is 18.0. The Morgan fingerprint density at radius 2 is 1.69 bits per heavy atom. The molecule has 6 nitrogen and oxygen atoms in total. The highest BCUT2D eigenvalue weighted by molar-refractivity contribution is 7.99. The lowest BCUT2D eigenvalue weighted by Gasteiger charge is -2.23. The van der Waals surface area contributed by atoms with E-state index in [1.165, 1.54) is 23.8 Å². The van der Waals surface area contributed by atoms with Gasteiger partial charge in [-0.2, -0.15) is 0 Å². The molecule has 0 fully saturated rings. The second-order valence-electron chi connectivity index (χ2n) is 7.48. The van der Waals surface area contributed by atoms with Crippen molar-refractivity contribution in [3.05, 3.63) is 82.9 Å². The van der Waals surface area contributed by atoms with Crippen molar-refractivity contribution in [3.8, 4) is 0 Å². The number of amides is 2. The molecule has 0 saturated heterocycles. The van der Waals surface area contributed by atoms with E-state index in [4.69, 9.17) is 4.74 Å². The van der Waals surface area contributed by atoms with Crippen LogP contribution in [0.3, 0.4) is 0 Å². The van der Waals surface area contributed by atoms with Crippen LogP contribution in [0.25, 0.3) is 0 Å². The van der Waals surface area contributed by atoms with E-state index in [1.54, 1.807) is 30.3 Å². The van der Waals surface area contributed by atoms with E-state index in [-0.39, 0.29) is 18.4 Å². The summed E-state index contributed by atoms with van der Waals surface area (Å²) in [6.45, 7) is 3.65. The van der Waals surface area contributed by atoms with Crippen molar-refractivity contribution >= 4 is 40.9 Å². The predicted molar refractivity (Wildman–Crippen MR) is 125 cm³/mol. The molecule has 1 heterocycles. The Hall–Kier alpha value is -3.58. The zero-order valence-corrected chi connectivity index (χ0v) is 18.8. The summed E-state index contributed by atoms with van der Waals surface area (Å²) >= 11 is 1.43. The minimum absolute atomic E-state index is 0.195. The van der Waals surface area contributed by atoms with Crippen LogP contribution < -0.4 is 10.2 Å². The van der Waals surface area contributed by atoms with Crippen LogP contribution in [0, 0.1) is 13.8 Å². The van der Waals surface area contributed by atoms with E-state index < -0.39 is 5.97 Å². The van der Waals surface area contributed by atoms with Crippen molar-refractivity contribution in [2.75, 3.05) is 23.9 Å². The van der Waals surface area contributed by atoms with Crippen molar-refractivity contribution in [1.29, 1.82) is 0 Å². The average Bonchev–Trinajstić information content (AvgIpc) is 2.90. The number of nitrogens with one attached hydrogen (secondary N) is 1. The molecule has 1 aliphatic heterocycles. The Morgan fingerprint density at radius 3 is 2.41 bits per heavy atom. The maximum Gasteiger partial charge on any atom is 0.337 e. The topological polar surface area (TPSA) is 75.7 Å². The first-order chi connectivity index (χ1) is 15.4. The third-order valence-electron chi connectivity index (χ3n) is 5.30. The lowest BCUT2D eigenvalue weighted by molar-refractivity contribution is -0.114. The van der Waals surface area contributed by atoms with Crippen molar-refractivity contribution in [2.45, 2.75) is 23.6 Å². The third-order valence-corrected chi connectivity index (χ3v) is 6.44. The molecule has 0 radical (unpaired) electrons. The summed E-state index contributed by atoms with van der Waals surface area (Å²) in [6.07, 6.45) is 0. The third kappa shape index (κ3) is 4.11. The highest BCUT2D eigenvalue weighted by Gasteiger charge is 2.29. The van der Waals surface area contributed by atoms with Crippen LogP contribution in [0.2, 0.25) is 0 Å². The van der Waals surface area contributed by atoms with Gasteiger partial charge in [-0.25, -0.2) is 4.79 Å². The Morgan fingerprint density at radius 1 is 0.969 bits per heavy atom. The second-order valence-corrected chi connectivity index (χ2v) is 8.56. The number of methoxy groups -OCH3 is 1. The first kappa shape index (κ1) is 21.6. The van der Waals surface area contributed by atoms with E-state index >= 15 is 0 Å². The van der Waals surface area contributed by atoms with E-state index in [2.05, 4.69) is 5.32 Å². The number of aryl methyl sites for hydroxylation is 2. The van der Waals surface area contributed by atoms with Gasteiger partial charge in [0.15, 0.2) is 0 Å². The fourth-order valence-corrected chi connectivity index (χ4v) is 4.71. The number of ether oxygens (including phenoxy) is 1. The normalized spacial score (nSPS) is 12.5. The summed E-state index contributed by atoms with van der Waals surface area (Å²) in [5.41, 5.74) is 3.93. The van der Waals surface area contributed by atoms with Crippen LogP contribution >= 0.6 is 11.8 Å². The molecular formula is C25H22N2O4S. The van der Waals surface area contributed by atoms with Gasteiger partial charge in [0.25, 0.3) is 5.91 Å². The Balaban J connectivity index is 1.74. The van der Waals surface area contributed by atoms with Crippen LogP contribution in [0.15, 0.2) is 70.5 Å². The van der Waals surface area contributed by atoms with Gasteiger partial charge in [0.1, 0.15) is 6.54 Å². The molecule has 0 aliphatic carbocycles. The Labute approximate surface area is 190 Å². The first-order valence-electron chi connectivity index (χ1n) is 10.1. The lowest BCUT2D eigenvalue weighted by atomic mass is 10.1. The molecule has 3 aromatic rings. The average molecular weight is 447 g/mol. The fraction of sp³-hybridized carbons (Fsp3) is 0.160. The van der Waals surface area contributed by atoms with Crippen LogP contribution in [0.5, 0.6) is 0 Å². The number of nitrogens with zero attached hydrogens (tertiary/aromatic N) is 1. The van der Waals surface area contributed by atoms with Crippen molar-refractivity contribution in [1.82, 2.24) is 0 Å². The zero-order chi connectivity index (χ0) is 22.8. The molecule has 4 rings (SSSR count). The van der Waals surface area contributed by atoms with E-state index in [1.807, 2.05) is 44.2 Å². The smallest absolute Gasteiger partial charge is 0.337 e. The predicted octanol–water partition coefficient (Wildman–Crippen LogP) is 4.84. The van der Waals surface area contributed by atoms with Gasteiger partial charge in [-0.15, -0.1) is 0 Å². The molecule has 7 heteroatoms. The molecular weight excluding hydrogens is 424 g/mol. The van der Waals surface area contributed by atoms with Crippen molar-refractivity contribution in [3.63, 3.8) is 0 Å². The van der Waals surface area contributed by atoms with Crippen LogP contribution in [0.4, 0.5) is 11.4 Å². The van der Waals surface area contributed by atoms with Crippen LogP contribution in [0.1, 0.15) is 31.8 Å². The van der Waals surface area contributed by atoms with Gasteiger partial charge in [-0.1, -0.05) is 42.1 Å². The van der Waals surface area contributed by atoms with Crippen LogP contribution in [-0.4, -0.2) is 31.4 Å². The highest BCUT2D eigenvalue weighted by Crippen LogP contribution is 2.41. The van der Waals surface area contributed by atoms with E-state index in [0.717, 1.165) is 26.6 Å². The molecule has 0 spiro atoms. The highest BCUT2D eigenvalue weighted by atomic mass is 32.2. The molecule has 0 saturated carbocycles. The van der Waals surface area contributed by atoms with Gasteiger partial charge >= 0.3 is 5.97 Å². The van der Waals surface area contributed by atoms with Crippen molar-refractivity contribution in [2.24, 2.45) is 0 Å². The summed E-state index contributed by atoms with van der Waals surface area (Å²) in [7, 11) is 1.31. The number of carbonyl (C=O) groups excluding carboxylic acids is 3. The van der Waals surface area contributed by atoms with Gasteiger partial charge in [0.05, 0.1) is 23.9 Å². The number of para-hydroxylation sites is 1. The summed E-state index contributed by atoms with van der Waals surface area (Å²) in [4.78, 5) is 41.6. The van der Waals surface area contributed by atoms with E-state index in [9.17, 15) is 14.4 Å². The minimum Gasteiger partial charge on any atom is -0.465 e. The molecule has 162 valence electrons. The van der Waals surface area contributed by atoms with Gasteiger partial charge in [0.2, 0.25) is 5.91 Å². The van der Waals surface area contributed by atoms with Gasteiger partial charge in [-0.05, 0) is 55.3 Å². The molecule has 1 N–H and O–H groups in total. The van der Waals surface area contributed by atoms with Crippen molar-refractivity contribution < 1.29 is 19.1 Å². The number of benzene rings is 3. The molecule has 0 atom stereocenters. The second kappa shape index (κ2) is 8.88. The summed E-state index contributed by atoms with van der Waals surface area (Å²) in [5, 5.41) is 2.94. The number of anilines is 2. The molecule has 0 aromatic heterocycles. The number of carbonyl (C=O) groups is 3. The molecule has 0 bridgehead atoms.